The Bertz CT molecular complexity index is 677. The number of guanidine groups is 1. The Morgan fingerprint density at radius 1 is 1.11 bits per heavy atom. The van der Waals surface area contributed by atoms with Crippen LogP contribution >= 0.6 is 24.0 Å². The smallest absolute Gasteiger partial charge is 0.190 e. The van der Waals surface area contributed by atoms with E-state index in [0.29, 0.717) is 0 Å². The SMILES string of the molecule is CN=C(NCCCc1ccc(OC)c(OC)c1)NCCCn1cccn1.I. The minimum atomic E-state index is 0. The standard InChI is InChI=1S/C19H29N5O2.HI/c1-20-19(22-11-5-13-24-14-6-12-23-24)21-10-4-7-16-8-9-17(25-2)18(15-16)26-3;/h6,8-9,12,14-15H,4-5,7,10-11,13H2,1-3H3,(H2,20,21,22);1H. The van der Waals surface area contributed by atoms with E-state index in [1.54, 1.807) is 27.5 Å². The molecule has 0 saturated heterocycles. The Labute approximate surface area is 178 Å². The number of benzene rings is 1. The minimum Gasteiger partial charge on any atom is -0.493 e. The van der Waals surface area contributed by atoms with E-state index in [1.807, 2.05) is 29.1 Å². The summed E-state index contributed by atoms with van der Waals surface area (Å²) in [7, 11) is 5.09. The van der Waals surface area contributed by atoms with Gasteiger partial charge in [0.05, 0.1) is 14.2 Å². The lowest BCUT2D eigenvalue weighted by molar-refractivity contribution is 0.354. The average Bonchev–Trinajstić information content (AvgIpc) is 3.20. The fourth-order valence-corrected chi connectivity index (χ4v) is 2.64. The molecule has 0 atom stereocenters. The number of ether oxygens (including phenoxy) is 2. The number of halogens is 1. The van der Waals surface area contributed by atoms with Gasteiger partial charge in [-0.05, 0) is 43.0 Å². The number of nitrogens with zero attached hydrogens (tertiary/aromatic N) is 3. The molecule has 0 aliphatic heterocycles. The largest absolute Gasteiger partial charge is 0.493 e. The molecular formula is C19H30IN5O2. The van der Waals surface area contributed by atoms with Crippen molar-refractivity contribution in [2.75, 3.05) is 34.4 Å². The molecule has 0 amide bonds. The normalized spacial score (nSPS) is 10.9. The van der Waals surface area contributed by atoms with Gasteiger partial charge < -0.3 is 20.1 Å². The highest BCUT2D eigenvalue weighted by molar-refractivity contribution is 14.0. The number of hydrogen-bond acceptors (Lipinski definition) is 4. The van der Waals surface area contributed by atoms with Crippen LogP contribution in [0.4, 0.5) is 0 Å². The Morgan fingerprint density at radius 2 is 1.85 bits per heavy atom. The first-order chi connectivity index (χ1) is 12.8. The molecule has 0 aliphatic rings. The van der Waals surface area contributed by atoms with Gasteiger partial charge in [0.15, 0.2) is 17.5 Å². The lowest BCUT2D eigenvalue weighted by atomic mass is 10.1. The highest BCUT2D eigenvalue weighted by atomic mass is 127. The zero-order valence-corrected chi connectivity index (χ0v) is 18.6. The van der Waals surface area contributed by atoms with Gasteiger partial charge in [0.2, 0.25) is 0 Å². The van der Waals surface area contributed by atoms with Crippen molar-refractivity contribution in [3.63, 3.8) is 0 Å². The number of nitrogens with one attached hydrogen (secondary N) is 2. The van der Waals surface area contributed by atoms with E-state index in [4.69, 9.17) is 9.47 Å². The van der Waals surface area contributed by atoms with Crippen molar-refractivity contribution in [2.24, 2.45) is 4.99 Å². The van der Waals surface area contributed by atoms with Gasteiger partial charge in [0, 0.05) is 39.1 Å². The molecule has 0 aliphatic carbocycles. The minimum absolute atomic E-state index is 0. The molecule has 0 bridgehead atoms. The molecule has 0 saturated carbocycles. The summed E-state index contributed by atoms with van der Waals surface area (Å²) in [6.07, 6.45) is 6.73. The third-order valence-electron chi connectivity index (χ3n) is 4.02. The van der Waals surface area contributed by atoms with Gasteiger partial charge in [-0.2, -0.15) is 5.10 Å². The summed E-state index contributed by atoms with van der Waals surface area (Å²) in [4.78, 5) is 4.25. The van der Waals surface area contributed by atoms with Crippen LogP contribution in [0.3, 0.4) is 0 Å². The monoisotopic (exact) mass is 487 g/mol. The van der Waals surface area contributed by atoms with Crippen LogP contribution in [0.15, 0.2) is 41.7 Å². The lowest BCUT2D eigenvalue weighted by Gasteiger charge is -2.12. The van der Waals surface area contributed by atoms with Gasteiger partial charge in [0.25, 0.3) is 0 Å². The Balaban J connectivity index is 0.00000364. The number of aromatic nitrogens is 2. The van der Waals surface area contributed by atoms with Gasteiger partial charge in [-0.25, -0.2) is 0 Å². The van der Waals surface area contributed by atoms with Crippen molar-refractivity contribution in [3.8, 4) is 11.5 Å². The third-order valence-corrected chi connectivity index (χ3v) is 4.02. The molecule has 150 valence electrons. The summed E-state index contributed by atoms with van der Waals surface area (Å²) in [5.41, 5.74) is 1.23. The Kier molecular flexibility index (Phi) is 11.3. The number of hydrogen-bond donors (Lipinski definition) is 2. The predicted molar refractivity (Wildman–Crippen MR) is 119 cm³/mol. The molecule has 2 N–H and O–H groups in total. The number of rotatable bonds is 10. The van der Waals surface area contributed by atoms with E-state index in [0.717, 1.165) is 56.4 Å². The molecule has 0 unspecified atom stereocenters. The fraction of sp³-hybridized carbons (Fsp3) is 0.474. The van der Waals surface area contributed by atoms with Crippen LogP contribution in [0.1, 0.15) is 18.4 Å². The topological polar surface area (TPSA) is 72.7 Å². The van der Waals surface area contributed by atoms with Crippen molar-refractivity contribution in [3.05, 3.63) is 42.2 Å². The molecule has 27 heavy (non-hydrogen) atoms. The second-order valence-electron chi connectivity index (χ2n) is 5.84. The Morgan fingerprint density at radius 3 is 2.48 bits per heavy atom. The number of aryl methyl sites for hydroxylation is 2. The molecule has 1 aromatic carbocycles. The molecule has 7 nitrogen and oxygen atoms in total. The molecule has 2 rings (SSSR count). The second kappa shape index (κ2) is 13.2. The highest BCUT2D eigenvalue weighted by Gasteiger charge is 2.04. The van der Waals surface area contributed by atoms with Gasteiger partial charge >= 0.3 is 0 Å². The maximum absolute atomic E-state index is 5.34. The van der Waals surface area contributed by atoms with E-state index < -0.39 is 0 Å². The van der Waals surface area contributed by atoms with Crippen LogP contribution in [0, 0.1) is 0 Å². The van der Waals surface area contributed by atoms with Gasteiger partial charge in [-0.1, -0.05) is 6.07 Å². The van der Waals surface area contributed by atoms with Crippen LogP contribution in [0.2, 0.25) is 0 Å². The fourth-order valence-electron chi connectivity index (χ4n) is 2.64. The molecule has 0 fully saturated rings. The first kappa shape index (κ1) is 23.1. The third kappa shape index (κ3) is 8.06. The van der Waals surface area contributed by atoms with Crippen molar-refractivity contribution < 1.29 is 9.47 Å². The molecule has 1 aromatic heterocycles. The van der Waals surface area contributed by atoms with E-state index >= 15 is 0 Å². The zero-order valence-electron chi connectivity index (χ0n) is 16.3. The highest BCUT2D eigenvalue weighted by Crippen LogP contribution is 2.27. The average molecular weight is 487 g/mol. The first-order valence-corrected chi connectivity index (χ1v) is 8.89. The Hall–Kier alpha value is -1.97. The van der Waals surface area contributed by atoms with Crippen LogP contribution in [0.5, 0.6) is 11.5 Å². The number of aliphatic imine (C=N–C) groups is 1. The molecule has 1 heterocycles. The van der Waals surface area contributed by atoms with Crippen molar-refractivity contribution in [1.29, 1.82) is 0 Å². The maximum Gasteiger partial charge on any atom is 0.190 e. The zero-order chi connectivity index (χ0) is 18.6. The van der Waals surface area contributed by atoms with Gasteiger partial charge in [-0.15, -0.1) is 24.0 Å². The van der Waals surface area contributed by atoms with Crippen LogP contribution < -0.4 is 20.1 Å². The van der Waals surface area contributed by atoms with E-state index in [2.05, 4.69) is 26.8 Å². The number of methoxy groups -OCH3 is 2. The predicted octanol–water partition coefficient (Wildman–Crippen LogP) is 2.71. The summed E-state index contributed by atoms with van der Waals surface area (Å²) in [5, 5.41) is 10.9. The summed E-state index contributed by atoms with van der Waals surface area (Å²) in [5.74, 6) is 2.36. The summed E-state index contributed by atoms with van der Waals surface area (Å²) in [6, 6.07) is 7.99. The summed E-state index contributed by atoms with van der Waals surface area (Å²) >= 11 is 0. The maximum atomic E-state index is 5.34. The van der Waals surface area contributed by atoms with Crippen LogP contribution in [-0.2, 0) is 13.0 Å². The molecule has 0 radical (unpaired) electrons. The van der Waals surface area contributed by atoms with Crippen molar-refractivity contribution >= 4 is 29.9 Å². The van der Waals surface area contributed by atoms with Gasteiger partial charge in [-0.3, -0.25) is 9.67 Å². The quantitative estimate of drug-likeness (QED) is 0.234. The molecular weight excluding hydrogens is 457 g/mol. The molecule has 2 aromatic rings. The molecule has 8 heteroatoms. The first-order valence-electron chi connectivity index (χ1n) is 8.89. The van der Waals surface area contributed by atoms with E-state index in [-0.39, 0.29) is 24.0 Å². The summed E-state index contributed by atoms with van der Waals surface area (Å²) < 4.78 is 12.5. The lowest BCUT2D eigenvalue weighted by Crippen LogP contribution is -2.38. The van der Waals surface area contributed by atoms with E-state index in [9.17, 15) is 0 Å². The van der Waals surface area contributed by atoms with E-state index in [1.165, 1.54) is 5.56 Å². The summed E-state index contributed by atoms with van der Waals surface area (Å²) in [6.45, 7) is 2.61. The second-order valence-corrected chi connectivity index (χ2v) is 5.84. The van der Waals surface area contributed by atoms with Crippen LogP contribution in [0.25, 0.3) is 0 Å². The van der Waals surface area contributed by atoms with Gasteiger partial charge in [0.1, 0.15) is 0 Å². The molecule has 0 spiro atoms. The van der Waals surface area contributed by atoms with Crippen LogP contribution in [-0.4, -0.2) is 50.1 Å². The van der Waals surface area contributed by atoms with Crippen molar-refractivity contribution in [2.45, 2.75) is 25.8 Å². The van der Waals surface area contributed by atoms with Crippen molar-refractivity contribution in [1.82, 2.24) is 20.4 Å².